The average molecular weight is 287 g/mol. The van der Waals surface area contributed by atoms with Gasteiger partial charge in [0.1, 0.15) is 5.60 Å². The van der Waals surface area contributed by atoms with Crippen LogP contribution in [0.4, 0.5) is 4.79 Å². The van der Waals surface area contributed by atoms with Gasteiger partial charge in [0.25, 0.3) is 0 Å². The quantitative estimate of drug-likeness (QED) is 0.821. The summed E-state index contributed by atoms with van der Waals surface area (Å²) in [6.45, 7) is 7.98. The van der Waals surface area contributed by atoms with E-state index in [1.807, 2.05) is 20.8 Å². The molecule has 3 atom stereocenters. The summed E-state index contributed by atoms with van der Waals surface area (Å²) in [5.41, 5.74) is -0.540. The number of carbonyl (C=O) groups is 1. The Hall–Kier alpha value is -0.850. The Morgan fingerprint density at radius 2 is 2.00 bits per heavy atom. The number of amides is 1. The molecule has 0 aromatic carbocycles. The standard InChI is InChI=1S/C14H25NO5/c1-14(2,3)20-13(17)15-5-7-19-9-11(15)12(16)10-4-6-18-8-10/h10-12,16H,4-9H2,1-3H3. The molecule has 0 aromatic rings. The number of nitrogens with zero attached hydrogens (tertiary/aromatic N) is 1. The van der Waals surface area contributed by atoms with Gasteiger partial charge < -0.3 is 19.3 Å². The van der Waals surface area contributed by atoms with E-state index in [0.717, 1.165) is 6.42 Å². The number of carbonyl (C=O) groups excluding carboxylic acids is 1. The van der Waals surface area contributed by atoms with E-state index >= 15 is 0 Å². The largest absolute Gasteiger partial charge is 0.444 e. The molecule has 1 amide bonds. The van der Waals surface area contributed by atoms with Crippen LogP contribution < -0.4 is 0 Å². The first-order chi connectivity index (χ1) is 9.38. The normalized spacial score (nSPS) is 29.3. The number of rotatable bonds is 2. The van der Waals surface area contributed by atoms with Crippen LogP contribution in [0.15, 0.2) is 0 Å². The molecule has 0 bridgehead atoms. The maximum absolute atomic E-state index is 12.2. The highest BCUT2D eigenvalue weighted by molar-refractivity contribution is 5.68. The molecular weight excluding hydrogens is 262 g/mol. The van der Waals surface area contributed by atoms with Crippen LogP contribution in [0, 0.1) is 5.92 Å². The lowest BCUT2D eigenvalue weighted by molar-refractivity contribution is -0.0796. The number of morpholine rings is 1. The maximum atomic E-state index is 12.2. The van der Waals surface area contributed by atoms with Crippen LogP contribution in [0.5, 0.6) is 0 Å². The molecule has 1 N–H and O–H groups in total. The number of aliphatic hydroxyl groups is 1. The second-order valence-corrected chi connectivity index (χ2v) is 6.43. The molecule has 2 aliphatic heterocycles. The zero-order chi connectivity index (χ0) is 14.8. The van der Waals surface area contributed by atoms with E-state index in [9.17, 15) is 9.90 Å². The van der Waals surface area contributed by atoms with Crippen LogP contribution in [0.1, 0.15) is 27.2 Å². The highest BCUT2D eigenvalue weighted by atomic mass is 16.6. The predicted molar refractivity (Wildman–Crippen MR) is 72.5 cm³/mol. The van der Waals surface area contributed by atoms with Gasteiger partial charge in [-0.3, -0.25) is 4.90 Å². The van der Waals surface area contributed by atoms with E-state index in [4.69, 9.17) is 14.2 Å². The van der Waals surface area contributed by atoms with Crippen molar-refractivity contribution in [3.05, 3.63) is 0 Å². The van der Waals surface area contributed by atoms with Gasteiger partial charge in [-0.2, -0.15) is 0 Å². The first-order valence-electron chi connectivity index (χ1n) is 7.21. The van der Waals surface area contributed by atoms with E-state index in [0.29, 0.717) is 33.0 Å². The van der Waals surface area contributed by atoms with Crippen LogP contribution in [-0.2, 0) is 14.2 Å². The van der Waals surface area contributed by atoms with Crippen LogP contribution in [0.25, 0.3) is 0 Å². The molecule has 2 aliphatic rings. The Balaban J connectivity index is 2.02. The van der Waals surface area contributed by atoms with Gasteiger partial charge in [0.2, 0.25) is 0 Å². The Labute approximate surface area is 120 Å². The van der Waals surface area contributed by atoms with E-state index < -0.39 is 11.7 Å². The summed E-state index contributed by atoms with van der Waals surface area (Å²) in [7, 11) is 0. The Morgan fingerprint density at radius 3 is 2.60 bits per heavy atom. The summed E-state index contributed by atoms with van der Waals surface area (Å²) >= 11 is 0. The molecule has 0 radical (unpaired) electrons. The van der Waals surface area contributed by atoms with Crippen molar-refractivity contribution in [3.63, 3.8) is 0 Å². The third-order valence-corrected chi connectivity index (χ3v) is 3.64. The molecule has 0 aromatic heterocycles. The van der Waals surface area contributed by atoms with Crippen LogP contribution in [-0.4, -0.2) is 66.8 Å². The number of aliphatic hydroxyl groups excluding tert-OH is 1. The van der Waals surface area contributed by atoms with Gasteiger partial charge in [-0.25, -0.2) is 4.79 Å². The molecule has 0 spiro atoms. The molecule has 2 saturated heterocycles. The molecule has 0 aliphatic carbocycles. The van der Waals surface area contributed by atoms with Crippen molar-refractivity contribution < 1.29 is 24.1 Å². The van der Waals surface area contributed by atoms with Crippen molar-refractivity contribution in [2.45, 2.75) is 44.9 Å². The van der Waals surface area contributed by atoms with E-state index in [-0.39, 0.29) is 18.1 Å². The second kappa shape index (κ2) is 6.28. The van der Waals surface area contributed by atoms with Crippen LogP contribution >= 0.6 is 0 Å². The van der Waals surface area contributed by atoms with Gasteiger partial charge in [0, 0.05) is 19.1 Å². The fraction of sp³-hybridized carbons (Fsp3) is 0.929. The van der Waals surface area contributed by atoms with Gasteiger partial charge in [-0.05, 0) is 27.2 Å². The Morgan fingerprint density at radius 1 is 1.30 bits per heavy atom. The van der Waals surface area contributed by atoms with Gasteiger partial charge in [-0.15, -0.1) is 0 Å². The van der Waals surface area contributed by atoms with E-state index in [1.54, 1.807) is 4.90 Å². The lowest BCUT2D eigenvalue weighted by Crippen LogP contribution is -2.57. The highest BCUT2D eigenvalue weighted by Gasteiger charge is 2.39. The van der Waals surface area contributed by atoms with Crippen LogP contribution in [0.3, 0.4) is 0 Å². The fourth-order valence-electron chi connectivity index (χ4n) is 2.59. The van der Waals surface area contributed by atoms with E-state index in [1.165, 1.54) is 0 Å². The molecule has 3 unspecified atom stereocenters. The van der Waals surface area contributed by atoms with Gasteiger partial charge in [0.05, 0.1) is 32.0 Å². The topological polar surface area (TPSA) is 68.2 Å². The zero-order valence-corrected chi connectivity index (χ0v) is 12.5. The minimum absolute atomic E-state index is 0.0617. The average Bonchev–Trinajstić information content (AvgIpc) is 2.89. The van der Waals surface area contributed by atoms with Crippen molar-refractivity contribution in [1.82, 2.24) is 4.90 Å². The Bertz CT molecular complexity index is 335. The maximum Gasteiger partial charge on any atom is 0.410 e. The van der Waals surface area contributed by atoms with Crippen molar-refractivity contribution in [2.24, 2.45) is 5.92 Å². The highest BCUT2D eigenvalue weighted by Crippen LogP contribution is 2.24. The summed E-state index contributed by atoms with van der Waals surface area (Å²) in [5, 5.41) is 10.5. The summed E-state index contributed by atoms with van der Waals surface area (Å²) in [6, 6.07) is -0.356. The second-order valence-electron chi connectivity index (χ2n) is 6.43. The van der Waals surface area contributed by atoms with Gasteiger partial charge in [-0.1, -0.05) is 0 Å². The lowest BCUT2D eigenvalue weighted by Gasteiger charge is -2.40. The summed E-state index contributed by atoms with van der Waals surface area (Å²) in [4.78, 5) is 13.8. The molecule has 2 fully saturated rings. The lowest BCUT2D eigenvalue weighted by atomic mass is 9.94. The number of hydrogen-bond acceptors (Lipinski definition) is 5. The predicted octanol–water partition coefficient (Wildman–Crippen LogP) is 1.02. The van der Waals surface area contributed by atoms with Crippen molar-refractivity contribution in [3.8, 4) is 0 Å². The molecule has 6 heteroatoms. The Kier molecular flexibility index (Phi) is 4.88. The molecule has 116 valence electrons. The molecule has 2 heterocycles. The smallest absolute Gasteiger partial charge is 0.410 e. The zero-order valence-electron chi connectivity index (χ0n) is 12.5. The van der Waals surface area contributed by atoms with Crippen LogP contribution in [0.2, 0.25) is 0 Å². The monoisotopic (exact) mass is 287 g/mol. The van der Waals surface area contributed by atoms with E-state index in [2.05, 4.69) is 0 Å². The van der Waals surface area contributed by atoms with Crippen molar-refractivity contribution >= 4 is 6.09 Å². The van der Waals surface area contributed by atoms with Gasteiger partial charge in [0.15, 0.2) is 0 Å². The third kappa shape index (κ3) is 3.84. The third-order valence-electron chi connectivity index (χ3n) is 3.64. The van der Waals surface area contributed by atoms with Crippen molar-refractivity contribution in [1.29, 1.82) is 0 Å². The summed E-state index contributed by atoms with van der Waals surface area (Å²) in [6.07, 6.45) is -0.200. The molecular formula is C14H25NO5. The minimum Gasteiger partial charge on any atom is -0.444 e. The molecule has 6 nitrogen and oxygen atoms in total. The van der Waals surface area contributed by atoms with Gasteiger partial charge >= 0.3 is 6.09 Å². The minimum atomic E-state index is -0.634. The number of ether oxygens (including phenoxy) is 3. The molecule has 2 rings (SSSR count). The number of hydrogen-bond donors (Lipinski definition) is 1. The summed E-state index contributed by atoms with van der Waals surface area (Å²) in [5.74, 6) is 0.0617. The first kappa shape index (κ1) is 15.5. The molecule has 20 heavy (non-hydrogen) atoms. The van der Waals surface area contributed by atoms with Crippen molar-refractivity contribution in [2.75, 3.05) is 33.0 Å². The fourth-order valence-corrected chi connectivity index (χ4v) is 2.59. The molecule has 0 saturated carbocycles. The summed E-state index contributed by atoms with van der Waals surface area (Å²) < 4.78 is 16.1. The first-order valence-corrected chi connectivity index (χ1v) is 7.21. The SMILES string of the molecule is CC(C)(C)OC(=O)N1CCOCC1C(O)C1CCOC1.